The number of benzene rings is 1. The number of hydrogen-bond donors (Lipinski definition) is 1. The predicted octanol–water partition coefficient (Wildman–Crippen LogP) is 4.70. The molecule has 31 heavy (non-hydrogen) atoms. The Morgan fingerprint density at radius 3 is 2.77 bits per heavy atom. The summed E-state index contributed by atoms with van der Waals surface area (Å²) >= 11 is 3.03. The number of hydrogen-bond acceptors (Lipinski definition) is 5. The van der Waals surface area contributed by atoms with Gasteiger partial charge in [-0.15, -0.1) is 11.3 Å². The Balaban J connectivity index is 1.66. The minimum absolute atomic E-state index is 0.00588. The first-order valence-electron chi connectivity index (χ1n) is 11.0. The van der Waals surface area contributed by atoms with Crippen LogP contribution in [0.4, 0.5) is 0 Å². The molecular weight excluding hydrogens is 426 g/mol. The van der Waals surface area contributed by atoms with Crippen LogP contribution in [-0.4, -0.2) is 26.8 Å². The monoisotopic (exact) mass is 453 g/mol. The Labute approximate surface area is 190 Å². The van der Waals surface area contributed by atoms with Crippen molar-refractivity contribution in [1.29, 1.82) is 0 Å². The van der Waals surface area contributed by atoms with E-state index >= 15 is 0 Å². The van der Waals surface area contributed by atoms with Gasteiger partial charge in [-0.2, -0.15) is 0 Å². The summed E-state index contributed by atoms with van der Waals surface area (Å²) < 4.78 is 1.74. The standard InChI is InChI=1S/C24H27N3O2S2/c1-13-8-11-18(14(2)12-13)27-23(29)20-17-6-4-5-7-19(17)31-22(20)26-24(27)30-15(3)21(28)25-16-9-10-16/h8,11-12,15-16H,4-7,9-10H2,1-3H3,(H,25,28). The third-order valence-corrected chi connectivity index (χ3v) is 8.36. The highest BCUT2D eigenvalue weighted by atomic mass is 32.2. The Kier molecular flexibility index (Phi) is 5.42. The Bertz CT molecular complexity index is 1240. The molecule has 162 valence electrons. The molecule has 2 aliphatic rings. The molecule has 7 heteroatoms. The van der Waals surface area contributed by atoms with Crippen LogP contribution in [0, 0.1) is 13.8 Å². The number of carbonyl (C=O) groups is 1. The van der Waals surface area contributed by atoms with Crippen molar-refractivity contribution in [1.82, 2.24) is 14.9 Å². The number of carbonyl (C=O) groups excluding carboxylic acids is 1. The number of nitrogens with one attached hydrogen (secondary N) is 1. The van der Waals surface area contributed by atoms with E-state index in [1.165, 1.54) is 28.6 Å². The van der Waals surface area contributed by atoms with E-state index in [0.717, 1.165) is 59.1 Å². The first-order chi connectivity index (χ1) is 14.9. The van der Waals surface area contributed by atoms with Crippen LogP contribution in [0.5, 0.6) is 0 Å². The van der Waals surface area contributed by atoms with Gasteiger partial charge in [-0.25, -0.2) is 4.98 Å². The Morgan fingerprint density at radius 1 is 1.26 bits per heavy atom. The van der Waals surface area contributed by atoms with Gasteiger partial charge < -0.3 is 5.32 Å². The molecule has 3 aromatic rings. The smallest absolute Gasteiger partial charge is 0.267 e. The SMILES string of the molecule is Cc1ccc(-n2c(SC(C)C(=O)NC3CC3)nc3sc4c(c3c2=O)CCCC4)c(C)c1. The molecule has 0 bridgehead atoms. The Morgan fingerprint density at radius 2 is 2.03 bits per heavy atom. The maximum Gasteiger partial charge on any atom is 0.267 e. The number of fused-ring (bicyclic) bond motifs is 3. The molecule has 1 atom stereocenters. The van der Waals surface area contributed by atoms with Crippen LogP contribution in [0.25, 0.3) is 15.9 Å². The lowest BCUT2D eigenvalue weighted by molar-refractivity contribution is -0.120. The average molecular weight is 454 g/mol. The van der Waals surface area contributed by atoms with Crippen molar-refractivity contribution in [3.63, 3.8) is 0 Å². The number of aryl methyl sites for hydroxylation is 4. The maximum atomic E-state index is 13.9. The summed E-state index contributed by atoms with van der Waals surface area (Å²) in [5, 5.41) is 4.12. The van der Waals surface area contributed by atoms with Gasteiger partial charge in [0.15, 0.2) is 5.16 Å². The quantitative estimate of drug-likeness (QED) is 0.449. The molecule has 1 saturated carbocycles. The lowest BCUT2D eigenvalue weighted by atomic mass is 9.97. The highest BCUT2D eigenvalue weighted by Crippen LogP contribution is 2.36. The fourth-order valence-corrected chi connectivity index (χ4v) is 6.52. The van der Waals surface area contributed by atoms with E-state index in [4.69, 9.17) is 4.98 Å². The van der Waals surface area contributed by atoms with Crippen molar-refractivity contribution in [2.45, 2.75) is 75.7 Å². The first kappa shape index (κ1) is 20.8. The molecule has 2 heterocycles. The van der Waals surface area contributed by atoms with E-state index < -0.39 is 0 Å². The van der Waals surface area contributed by atoms with Gasteiger partial charge in [0.2, 0.25) is 5.91 Å². The van der Waals surface area contributed by atoms with Crippen molar-refractivity contribution in [3.05, 3.63) is 50.1 Å². The van der Waals surface area contributed by atoms with Crippen LogP contribution in [0.3, 0.4) is 0 Å². The molecule has 1 N–H and O–H groups in total. The molecule has 2 aromatic heterocycles. The second-order valence-corrected chi connectivity index (χ2v) is 11.2. The number of rotatable bonds is 5. The van der Waals surface area contributed by atoms with Gasteiger partial charge in [0.25, 0.3) is 5.56 Å². The highest BCUT2D eigenvalue weighted by molar-refractivity contribution is 8.00. The molecule has 0 aliphatic heterocycles. The lowest BCUT2D eigenvalue weighted by Gasteiger charge is -2.18. The topological polar surface area (TPSA) is 64.0 Å². The minimum atomic E-state index is -0.323. The number of thioether (sulfide) groups is 1. The van der Waals surface area contributed by atoms with Crippen LogP contribution in [0.15, 0.2) is 28.2 Å². The summed E-state index contributed by atoms with van der Waals surface area (Å²) in [6.45, 7) is 5.97. The van der Waals surface area contributed by atoms with Crippen LogP contribution in [0.1, 0.15) is 54.2 Å². The van der Waals surface area contributed by atoms with Gasteiger partial charge in [-0.1, -0.05) is 29.5 Å². The van der Waals surface area contributed by atoms with Gasteiger partial charge in [-0.05, 0) is 76.5 Å². The van der Waals surface area contributed by atoms with Gasteiger partial charge in [-0.3, -0.25) is 14.2 Å². The fourth-order valence-electron chi connectivity index (χ4n) is 4.29. The molecule has 5 nitrogen and oxygen atoms in total. The van der Waals surface area contributed by atoms with E-state index in [1.807, 2.05) is 26.0 Å². The number of amides is 1. The number of nitrogens with zero attached hydrogens (tertiary/aromatic N) is 2. The van der Waals surface area contributed by atoms with Gasteiger partial charge >= 0.3 is 0 Å². The molecule has 0 radical (unpaired) electrons. The van der Waals surface area contributed by atoms with E-state index in [9.17, 15) is 9.59 Å². The van der Waals surface area contributed by atoms with E-state index in [0.29, 0.717) is 11.2 Å². The molecule has 1 fully saturated rings. The third kappa shape index (κ3) is 3.94. The van der Waals surface area contributed by atoms with Crippen molar-refractivity contribution in [2.75, 3.05) is 0 Å². The van der Waals surface area contributed by atoms with Gasteiger partial charge in [0.05, 0.1) is 16.3 Å². The molecule has 0 spiro atoms. The van der Waals surface area contributed by atoms with Crippen molar-refractivity contribution in [2.24, 2.45) is 0 Å². The summed E-state index contributed by atoms with van der Waals surface area (Å²) in [6.07, 6.45) is 6.39. The summed E-state index contributed by atoms with van der Waals surface area (Å²) in [6, 6.07) is 6.43. The molecular formula is C24H27N3O2S2. The molecule has 0 saturated heterocycles. The van der Waals surface area contributed by atoms with Gasteiger partial charge in [0.1, 0.15) is 4.83 Å². The zero-order valence-corrected chi connectivity index (χ0v) is 19.8. The largest absolute Gasteiger partial charge is 0.352 e. The van der Waals surface area contributed by atoms with E-state index in [2.05, 4.69) is 18.3 Å². The molecule has 2 aliphatic carbocycles. The summed E-state index contributed by atoms with van der Waals surface area (Å²) in [7, 11) is 0. The summed E-state index contributed by atoms with van der Waals surface area (Å²) in [4.78, 5) is 33.6. The zero-order chi connectivity index (χ0) is 21.7. The molecule has 1 amide bonds. The predicted molar refractivity (Wildman–Crippen MR) is 128 cm³/mol. The van der Waals surface area contributed by atoms with Crippen LogP contribution in [-0.2, 0) is 17.6 Å². The van der Waals surface area contributed by atoms with E-state index in [-0.39, 0.29) is 16.7 Å². The van der Waals surface area contributed by atoms with Crippen molar-refractivity contribution in [3.8, 4) is 5.69 Å². The normalized spacial score (nSPS) is 16.9. The number of thiophene rings is 1. The van der Waals surface area contributed by atoms with Crippen LogP contribution in [0.2, 0.25) is 0 Å². The lowest BCUT2D eigenvalue weighted by Crippen LogP contribution is -2.33. The van der Waals surface area contributed by atoms with Crippen LogP contribution >= 0.6 is 23.1 Å². The average Bonchev–Trinajstić information content (AvgIpc) is 3.46. The maximum absolute atomic E-state index is 13.9. The highest BCUT2D eigenvalue weighted by Gasteiger charge is 2.28. The molecule has 5 rings (SSSR count). The first-order valence-corrected chi connectivity index (χ1v) is 12.7. The molecule has 1 aromatic carbocycles. The second-order valence-electron chi connectivity index (χ2n) is 8.76. The third-order valence-electron chi connectivity index (χ3n) is 6.13. The molecule has 1 unspecified atom stereocenters. The fraction of sp³-hybridized carbons (Fsp3) is 0.458. The zero-order valence-electron chi connectivity index (χ0n) is 18.2. The Hall–Kier alpha value is -2.12. The van der Waals surface area contributed by atoms with Crippen LogP contribution < -0.4 is 10.9 Å². The number of aromatic nitrogens is 2. The minimum Gasteiger partial charge on any atom is -0.352 e. The van der Waals surface area contributed by atoms with Crippen molar-refractivity contribution >= 4 is 39.2 Å². The summed E-state index contributed by atoms with van der Waals surface area (Å²) in [5.41, 5.74) is 4.22. The summed E-state index contributed by atoms with van der Waals surface area (Å²) in [5.74, 6) is 0.0134. The van der Waals surface area contributed by atoms with Gasteiger partial charge in [0, 0.05) is 10.9 Å². The van der Waals surface area contributed by atoms with Crippen molar-refractivity contribution < 1.29 is 4.79 Å². The second kappa shape index (κ2) is 8.10. The van der Waals surface area contributed by atoms with E-state index in [1.54, 1.807) is 15.9 Å².